The van der Waals surface area contributed by atoms with E-state index in [0.29, 0.717) is 6.61 Å². The minimum Gasteiger partial charge on any atom is -0.488 e. The molecule has 19 heavy (non-hydrogen) atoms. The van der Waals surface area contributed by atoms with Gasteiger partial charge in [-0.05, 0) is 31.7 Å². The van der Waals surface area contributed by atoms with E-state index in [9.17, 15) is 0 Å². The molecule has 4 heteroatoms. The molecule has 1 aromatic heterocycles. The zero-order valence-corrected chi connectivity index (χ0v) is 11.9. The smallest absolute Gasteiger partial charge is 0.127 e. The van der Waals surface area contributed by atoms with Gasteiger partial charge in [-0.15, -0.1) is 0 Å². The molecule has 3 nitrogen and oxygen atoms in total. The van der Waals surface area contributed by atoms with Gasteiger partial charge < -0.3 is 10.1 Å². The van der Waals surface area contributed by atoms with Gasteiger partial charge in [-0.1, -0.05) is 23.7 Å². The molecule has 0 aliphatic carbocycles. The number of hydrogen-bond donors (Lipinski definition) is 1. The number of aryl methyl sites for hydroxylation is 1. The van der Waals surface area contributed by atoms with E-state index in [-0.39, 0.29) is 0 Å². The highest BCUT2D eigenvalue weighted by Crippen LogP contribution is 2.20. The van der Waals surface area contributed by atoms with E-state index in [2.05, 4.69) is 10.3 Å². The Bertz CT molecular complexity index is 558. The first kappa shape index (κ1) is 13.8. The largest absolute Gasteiger partial charge is 0.488 e. The second-order valence-electron chi connectivity index (χ2n) is 4.38. The minimum atomic E-state index is 0.501. The summed E-state index contributed by atoms with van der Waals surface area (Å²) in [5.41, 5.74) is 3.05. The van der Waals surface area contributed by atoms with E-state index in [1.165, 1.54) is 0 Å². The molecule has 2 rings (SSSR count). The van der Waals surface area contributed by atoms with Gasteiger partial charge in [0.25, 0.3) is 0 Å². The van der Waals surface area contributed by atoms with Crippen LogP contribution in [0.1, 0.15) is 16.8 Å². The number of hydrogen-bond acceptors (Lipinski definition) is 3. The van der Waals surface area contributed by atoms with Crippen LogP contribution in [0.3, 0.4) is 0 Å². The summed E-state index contributed by atoms with van der Waals surface area (Å²) in [6.45, 7) is 3.19. The van der Waals surface area contributed by atoms with E-state index in [1.54, 1.807) is 0 Å². The lowest BCUT2D eigenvalue weighted by atomic mass is 10.2. The van der Waals surface area contributed by atoms with Crippen LogP contribution in [0.2, 0.25) is 5.02 Å². The fraction of sp³-hybridized carbons (Fsp3) is 0.267. The maximum Gasteiger partial charge on any atom is 0.127 e. The number of nitrogens with one attached hydrogen (secondary N) is 1. The third kappa shape index (κ3) is 3.94. The Hall–Kier alpha value is -1.58. The molecule has 0 aliphatic rings. The van der Waals surface area contributed by atoms with E-state index in [1.807, 2.05) is 50.5 Å². The predicted octanol–water partition coefficient (Wildman–Crippen LogP) is 3.34. The fourth-order valence-electron chi connectivity index (χ4n) is 1.81. The van der Waals surface area contributed by atoms with Crippen molar-refractivity contribution in [2.24, 2.45) is 0 Å². The number of ether oxygens (including phenoxy) is 1. The van der Waals surface area contributed by atoms with Crippen molar-refractivity contribution in [3.05, 3.63) is 58.4 Å². The Morgan fingerprint density at radius 1 is 1.32 bits per heavy atom. The topological polar surface area (TPSA) is 34.2 Å². The van der Waals surface area contributed by atoms with Gasteiger partial charge in [-0.3, -0.25) is 4.98 Å². The number of benzene rings is 1. The first-order valence-corrected chi connectivity index (χ1v) is 6.54. The van der Waals surface area contributed by atoms with E-state index < -0.39 is 0 Å². The number of pyridine rings is 1. The molecule has 0 atom stereocenters. The highest BCUT2D eigenvalue weighted by Gasteiger charge is 2.05. The maximum absolute atomic E-state index is 5.96. The van der Waals surface area contributed by atoms with Crippen LogP contribution in [0.15, 0.2) is 36.5 Å². The minimum absolute atomic E-state index is 0.501. The summed E-state index contributed by atoms with van der Waals surface area (Å²) in [7, 11) is 1.90. The zero-order valence-electron chi connectivity index (χ0n) is 11.1. The molecule has 0 unspecified atom stereocenters. The number of rotatable bonds is 5. The zero-order chi connectivity index (χ0) is 13.7. The molecular formula is C15H17ClN2O. The third-order valence-electron chi connectivity index (χ3n) is 2.73. The number of nitrogens with zero attached hydrogens (tertiary/aromatic N) is 1. The van der Waals surface area contributed by atoms with Crippen molar-refractivity contribution < 1.29 is 4.74 Å². The van der Waals surface area contributed by atoms with Crippen LogP contribution < -0.4 is 10.1 Å². The highest BCUT2D eigenvalue weighted by atomic mass is 35.5. The molecule has 0 aliphatic heterocycles. The molecule has 0 saturated heterocycles. The van der Waals surface area contributed by atoms with Crippen molar-refractivity contribution in [2.75, 3.05) is 7.05 Å². The molecule has 0 bridgehead atoms. The van der Waals surface area contributed by atoms with Crippen LogP contribution in [-0.4, -0.2) is 12.0 Å². The van der Waals surface area contributed by atoms with Crippen molar-refractivity contribution in [1.82, 2.24) is 10.3 Å². The van der Waals surface area contributed by atoms with Gasteiger partial charge in [-0.2, -0.15) is 0 Å². The third-order valence-corrected chi connectivity index (χ3v) is 2.97. The Morgan fingerprint density at radius 3 is 2.89 bits per heavy atom. The van der Waals surface area contributed by atoms with Crippen molar-refractivity contribution in [1.29, 1.82) is 0 Å². The lowest BCUT2D eigenvalue weighted by Crippen LogP contribution is -2.08. The van der Waals surface area contributed by atoms with Gasteiger partial charge >= 0.3 is 0 Å². The van der Waals surface area contributed by atoms with Crippen LogP contribution in [0, 0.1) is 6.92 Å². The van der Waals surface area contributed by atoms with E-state index in [0.717, 1.165) is 34.1 Å². The summed E-state index contributed by atoms with van der Waals surface area (Å²) in [5, 5.41) is 3.83. The van der Waals surface area contributed by atoms with Gasteiger partial charge in [0.2, 0.25) is 0 Å². The van der Waals surface area contributed by atoms with Crippen molar-refractivity contribution >= 4 is 11.6 Å². The second kappa shape index (κ2) is 6.55. The normalized spacial score (nSPS) is 10.5. The van der Waals surface area contributed by atoms with Crippen LogP contribution >= 0.6 is 11.6 Å². The van der Waals surface area contributed by atoms with Crippen LogP contribution in [0.4, 0.5) is 0 Å². The summed E-state index contributed by atoms with van der Waals surface area (Å²) in [4.78, 5) is 4.29. The Labute approximate surface area is 118 Å². The Morgan fingerprint density at radius 2 is 2.16 bits per heavy atom. The summed E-state index contributed by atoms with van der Waals surface area (Å²) in [6, 6.07) is 9.64. The SMILES string of the molecule is CNCc1cnc(C)cc1OCc1cccc(Cl)c1. The van der Waals surface area contributed by atoms with Gasteiger partial charge in [0.15, 0.2) is 0 Å². The summed E-state index contributed by atoms with van der Waals surface area (Å²) in [5.74, 6) is 0.863. The summed E-state index contributed by atoms with van der Waals surface area (Å²) < 4.78 is 5.87. The number of halogens is 1. The van der Waals surface area contributed by atoms with Gasteiger partial charge in [0.05, 0.1) is 0 Å². The first-order valence-electron chi connectivity index (χ1n) is 6.16. The molecule has 1 aromatic carbocycles. The lowest BCUT2D eigenvalue weighted by molar-refractivity contribution is 0.301. The summed E-state index contributed by atoms with van der Waals surface area (Å²) in [6.07, 6.45) is 1.85. The molecule has 1 heterocycles. The first-order chi connectivity index (χ1) is 9.19. The monoisotopic (exact) mass is 276 g/mol. The fourth-order valence-corrected chi connectivity index (χ4v) is 2.02. The highest BCUT2D eigenvalue weighted by molar-refractivity contribution is 6.30. The lowest BCUT2D eigenvalue weighted by Gasteiger charge is -2.12. The Kier molecular flexibility index (Phi) is 4.77. The summed E-state index contributed by atoms with van der Waals surface area (Å²) >= 11 is 5.96. The van der Waals surface area contributed by atoms with Gasteiger partial charge in [-0.25, -0.2) is 0 Å². The number of aromatic nitrogens is 1. The van der Waals surface area contributed by atoms with Crippen LogP contribution in [0.25, 0.3) is 0 Å². The quantitative estimate of drug-likeness (QED) is 0.909. The van der Waals surface area contributed by atoms with E-state index in [4.69, 9.17) is 16.3 Å². The average Bonchev–Trinajstić information content (AvgIpc) is 2.39. The molecule has 0 fully saturated rings. The maximum atomic E-state index is 5.96. The van der Waals surface area contributed by atoms with Gasteiger partial charge in [0, 0.05) is 35.1 Å². The van der Waals surface area contributed by atoms with Crippen molar-refractivity contribution in [2.45, 2.75) is 20.1 Å². The molecule has 100 valence electrons. The van der Waals surface area contributed by atoms with Gasteiger partial charge in [0.1, 0.15) is 12.4 Å². The molecule has 0 saturated carbocycles. The molecule has 2 aromatic rings. The molecule has 0 radical (unpaired) electrons. The van der Waals surface area contributed by atoms with E-state index >= 15 is 0 Å². The van der Waals surface area contributed by atoms with Crippen molar-refractivity contribution in [3.8, 4) is 5.75 Å². The molecule has 0 amide bonds. The van der Waals surface area contributed by atoms with Crippen LogP contribution in [0.5, 0.6) is 5.75 Å². The molecular weight excluding hydrogens is 260 g/mol. The molecule has 1 N–H and O–H groups in total. The second-order valence-corrected chi connectivity index (χ2v) is 4.82. The molecule has 0 spiro atoms. The van der Waals surface area contributed by atoms with Crippen LogP contribution in [-0.2, 0) is 13.2 Å². The predicted molar refractivity (Wildman–Crippen MR) is 77.5 cm³/mol. The average molecular weight is 277 g/mol. The Balaban J connectivity index is 2.12. The van der Waals surface area contributed by atoms with Crippen molar-refractivity contribution in [3.63, 3.8) is 0 Å². The standard InChI is InChI=1S/C15H17ClN2O/c1-11-6-15(13(8-17-2)9-18-11)19-10-12-4-3-5-14(16)7-12/h3-7,9,17H,8,10H2,1-2H3.